The number of alkyl halides is 3. The number of nitrogens with one attached hydrogen (secondary N) is 1. The van der Waals surface area contributed by atoms with E-state index < -0.39 is 29.1 Å². The number of aliphatic hydroxyl groups is 1. The Kier molecular flexibility index (Phi) is 8.44. The average molecular weight is 566 g/mol. The molecule has 7 nitrogen and oxygen atoms in total. The third kappa shape index (κ3) is 6.24. The molecule has 4 rings (SSSR count). The van der Waals surface area contributed by atoms with E-state index in [-0.39, 0.29) is 35.5 Å². The van der Waals surface area contributed by atoms with Gasteiger partial charge in [-0.05, 0) is 87.6 Å². The maximum absolute atomic E-state index is 13.8. The standard InChI is InChI=1S/C29H35F4N3O4/c1-18-14-22(30)15-34-24(18)28(17-35-26(38)40-3)12-10-19(11-13-28)16-36(23-8-9-23)25(37)20-4-6-21(7-5-20)27(2,39)29(31,32)33/h4-7,14-15,19,23,39H,8-13,16-17H2,1-3H3,(H,35,38)/t19?,27-,28?/m0/s1. The molecule has 1 aromatic carbocycles. The van der Waals surface area contributed by atoms with Crippen molar-refractivity contribution < 1.29 is 37.0 Å². The topological polar surface area (TPSA) is 91.8 Å². The molecule has 2 saturated carbocycles. The fourth-order valence-corrected chi connectivity index (χ4v) is 5.65. The van der Waals surface area contributed by atoms with Crippen LogP contribution in [0.3, 0.4) is 0 Å². The summed E-state index contributed by atoms with van der Waals surface area (Å²) in [4.78, 5) is 31.5. The molecule has 40 heavy (non-hydrogen) atoms. The molecule has 2 aliphatic rings. The van der Waals surface area contributed by atoms with E-state index in [0.717, 1.165) is 43.5 Å². The molecule has 0 aliphatic heterocycles. The van der Waals surface area contributed by atoms with Crippen LogP contribution in [0.15, 0.2) is 36.5 Å². The SMILES string of the molecule is COC(=O)NCC1(c2ncc(F)cc2C)CCC(CN(C(=O)c2ccc([C@](C)(O)C(F)(F)F)cc2)C2CC2)CC1. The zero-order valence-electron chi connectivity index (χ0n) is 22.9. The van der Waals surface area contributed by atoms with Crippen LogP contribution in [-0.2, 0) is 15.8 Å². The minimum absolute atomic E-state index is 0.0825. The first-order valence-electron chi connectivity index (χ1n) is 13.4. The Morgan fingerprint density at radius 3 is 2.30 bits per heavy atom. The molecule has 1 heterocycles. The monoisotopic (exact) mass is 565 g/mol. The maximum atomic E-state index is 13.8. The van der Waals surface area contributed by atoms with Gasteiger partial charge in [-0.1, -0.05) is 12.1 Å². The number of alkyl carbamates (subject to hydrolysis) is 1. The number of pyridine rings is 1. The largest absolute Gasteiger partial charge is 0.453 e. The van der Waals surface area contributed by atoms with Crippen molar-refractivity contribution in [3.05, 3.63) is 64.7 Å². The summed E-state index contributed by atoms with van der Waals surface area (Å²) in [5.74, 6) is -0.512. The summed E-state index contributed by atoms with van der Waals surface area (Å²) in [6.45, 7) is 3.27. The van der Waals surface area contributed by atoms with Gasteiger partial charge in [-0.25, -0.2) is 9.18 Å². The van der Waals surface area contributed by atoms with Crippen molar-refractivity contribution in [2.24, 2.45) is 5.92 Å². The highest BCUT2D eigenvalue weighted by Gasteiger charge is 2.51. The van der Waals surface area contributed by atoms with E-state index in [1.807, 2.05) is 4.90 Å². The molecule has 2 N–H and O–H groups in total. The molecule has 218 valence electrons. The van der Waals surface area contributed by atoms with Gasteiger partial charge in [0, 0.05) is 30.1 Å². The molecule has 0 unspecified atom stereocenters. The zero-order valence-corrected chi connectivity index (χ0v) is 22.9. The van der Waals surface area contributed by atoms with Crippen LogP contribution in [-0.4, -0.2) is 59.4 Å². The summed E-state index contributed by atoms with van der Waals surface area (Å²) in [6, 6.07) is 6.47. The van der Waals surface area contributed by atoms with Crippen LogP contribution in [0.4, 0.5) is 22.4 Å². The van der Waals surface area contributed by atoms with Crippen LogP contribution < -0.4 is 5.32 Å². The van der Waals surface area contributed by atoms with Gasteiger partial charge >= 0.3 is 12.3 Å². The summed E-state index contributed by atoms with van der Waals surface area (Å²) >= 11 is 0. The van der Waals surface area contributed by atoms with Crippen LogP contribution >= 0.6 is 0 Å². The molecule has 2 aromatic rings. The second kappa shape index (κ2) is 11.3. The Hall–Kier alpha value is -3.21. The fraction of sp³-hybridized carbons (Fsp3) is 0.552. The molecule has 11 heteroatoms. The van der Waals surface area contributed by atoms with Gasteiger partial charge in [0.2, 0.25) is 0 Å². The van der Waals surface area contributed by atoms with Crippen molar-refractivity contribution in [1.29, 1.82) is 0 Å². The van der Waals surface area contributed by atoms with E-state index in [1.54, 1.807) is 6.92 Å². The normalized spacial score (nSPS) is 22.8. The molecule has 2 fully saturated rings. The highest BCUT2D eigenvalue weighted by Crippen LogP contribution is 2.43. The summed E-state index contributed by atoms with van der Waals surface area (Å²) in [7, 11) is 1.29. The molecule has 1 aromatic heterocycles. The van der Waals surface area contributed by atoms with Crippen LogP contribution in [0.5, 0.6) is 0 Å². The number of ether oxygens (including phenoxy) is 1. The lowest BCUT2D eigenvalue weighted by Gasteiger charge is -2.41. The number of rotatable bonds is 8. The Morgan fingerprint density at radius 2 is 1.77 bits per heavy atom. The van der Waals surface area contributed by atoms with Crippen molar-refractivity contribution >= 4 is 12.0 Å². The van der Waals surface area contributed by atoms with Gasteiger partial charge in [-0.15, -0.1) is 0 Å². The molecule has 1 atom stereocenters. The summed E-state index contributed by atoms with van der Waals surface area (Å²) in [6.07, 6.45) is 0.315. The molecule has 2 amide bonds. The van der Waals surface area contributed by atoms with Gasteiger partial charge in [0.15, 0.2) is 5.60 Å². The Labute approximate surface area is 230 Å². The van der Waals surface area contributed by atoms with Gasteiger partial charge in [0.1, 0.15) is 5.82 Å². The lowest BCUT2D eigenvalue weighted by atomic mass is 9.67. The number of hydrogen-bond acceptors (Lipinski definition) is 5. The van der Waals surface area contributed by atoms with Crippen molar-refractivity contribution in [3.63, 3.8) is 0 Å². The number of methoxy groups -OCH3 is 1. The van der Waals surface area contributed by atoms with Crippen LogP contribution in [0, 0.1) is 18.7 Å². The Morgan fingerprint density at radius 1 is 1.15 bits per heavy atom. The maximum Gasteiger partial charge on any atom is 0.421 e. The average Bonchev–Trinajstić information content (AvgIpc) is 3.75. The second-order valence-corrected chi connectivity index (χ2v) is 11.2. The number of halogens is 4. The zero-order chi connectivity index (χ0) is 29.3. The number of amides is 2. The number of benzene rings is 1. The third-order valence-electron chi connectivity index (χ3n) is 8.32. The van der Waals surface area contributed by atoms with Gasteiger partial charge in [0.25, 0.3) is 5.91 Å². The van der Waals surface area contributed by atoms with Gasteiger partial charge in [-0.2, -0.15) is 13.2 Å². The van der Waals surface area contributed by atoms with E-state index in [9.17, 15) is 32.3 Å². The highest BCUT2D eigenvalue weighted by molar-refractivity contribution is 5.94. The Balaban J connectivity index is 1.47. The highest BCUT2D eigenvalue weighted by atomic mass is 19.4. The molecule has 2 aliphatic carbocycles. The van der Waals surface area contributed by atoms with E-state index in [2.05, 4.69) is 10.3 Å². The molecule has 0 bridgehead atoms. The van der Waals surface area contributed by atoms with Gasteiger partial charge in [0.05, 0.1) is 19.0 Å². The Bertz CT molecular complexity index is 1220. The first-order chi connectivity index (χ1) is 18.8. The summed E-state index contributed by atoms with van der Waals surface area (Å²) in [5, 5.41) is 12.7. The fourth-order valence-electron chi connectivity index (χ4n) is 5.65. The van der Waals surface area contributed by atoms with Crippen molar-refractivity contribution in [1.82, 2.24) is 15.2 Å². The molecule has 0 saturated heterocycles. The molecular weight excluding hydrogens is 530 g/mol. The molecular formula is C29H35F4N3O4. The van der Waals surface area contributed by atoms with Gasteiger partial charge in [-0.3, -0.25) is 9.78 Å². The quantitative estimate of drug-likeness (QED) is 0.419. The molecule has 0 radical (unpaired) electrons. The number of aryl methyl sites for hydroxylation is 1. The minimum atomic E-state index is -4.84. The van der Waals surface area contributed by atoms with Crippen LogP contribution in [0.1, 0.15) is 72.6 Å². The summed E-state index contributed by atoms with van der Waals surface area (Å²) in [5.41, 5.74) is -2.15. The minimum Gasteiger partial charge on any atom is -0.453 e. The van der Waals surface area contributed by atoms with E-state index in [0.29, 0.717) is 31.9 Å². The number of carbonyl (C=O) groups excluding carboxylic acids is 2. The third-order valence-corrected chi connectivity index (χ3v) is 8.32. The predicted octanol–water partition coefficient (Wildman–Crippen LogP) is 5.39. The van der Waals surface area contributed by atoms with Crippen molar-refractivity contribution in [2.75, 3.05) is 20.2 Å². The molecule has 0 spiro atoms. The van der Waals surface area contributed by atoms with Crippen molar-refractivity contribution in [2.45, 2.75) is 75.6 Å². The number of carbonyl (C=O) groups is 2. The number of hydrogen-bond donors (Lipinski definition) is 2. The number of nitrogens with zero attached hydrogens (tertiary/aromatic N) is 2. The summed E-state index contributed by atoms with van der Waals surface area (Å²) < 4.78 is 58.2. The van der Waals surface area contributed by atoms with Gasteiger partial charge < -0.3 is 20.1 Å². The predicted molar refractivity (Wildman–Crippen MR) is 139 cm³/mol. The second-order valence-electron chi connectivity index (χ2n) is 11.2. The van der Waals surface area contributed by atoms with Crippen molar-refractivity contribution in [3.8, 4) is 0 Å². The lowest BCUT2D eigenvalue weighted by Crippen LogP contribution is -2.46. The smallest absolute Gasteiger partial charge is 0.421 e. The van der Waals surface area contributed by atoms with E-state index in [4.69, 9.17) is 4.74 Å². The van der Waals surface area contributed by atoms with E-state index >= 15 is 0 Å². The van der Waals surface area contributed by atoms with E-state index in [1.165, 1.54) is 31.5 Å². The van der Waals surface area contributed by atoms with Crippen LogP contribution in [0.2, 0.25) is 0 Å². The number of aromatic nitrogens is 1. The lowest BCUT2D eigenvalue weighted by molar-refractivity contribution is -0.258. The van der Waals surface area contributed by atoms with Crippen LogP contribution in [0.25, 0.3) is 0 Å². The first kappa shape index (κ1) is 29.8. The first-order valence-corrected chi connectivity index (χ1v) is 13.4.